The third kappa shape index (κ3) is 2.87. The molecule has 2 heterocycles. The highest BCUT2D eigenvalue weighted by atomic mass is 35.5. The Morgan fingerprint density at radius 3 is 2.53 bits per heavy atom. The van der Waals surface area contributed by atoms with Crippen molar-refractivity contribution in [2.75, 3.05) is 0 Å². The maximum Gasteiger partial charge on any atom is 0.433 e. The highest BCUT2D eigenvalue weighted by Crippen LogP contribution is 2.32. The molecular formula is C11H9ClF3N3O. The van der Waals surface area contributed by atoms with Crippen molar-refractivity contribution < 1.29 is 18.3 Å². The van der Waals surface area contributed by atoms with Crippen LogP contribution >= 0.6 is 11.6 Å². The van der Waals surface area contributed by atoms with Gasteiger partial charge in [-0.2, -0.15) is 13.2 Å². The summed E-state index contributed by atoms with van der Waals surface area (Å²) in [5.74, 6) is 0. The molecule has 1 unspecified atom stereocenters. The van der Waals surface area contributed by atoms with Crippen molar-refractivity contribution in [2.45, 2.75) is 12.3 Å². The first-order valence-electron chi connectivity index (χ1n) is 5.18. The Morgan fingerprint density at radius 1 is 1.37 bits per heavy atom. The van der Waals surface area contributed by atoms with Gasteiger partial charge in [0.25, 0.3) is 0 Å². The average molecular weight is 292 g/mol. The largest absolute Gasteiger partial charge is 0.433 e. The molecule has 0 saturated heterocycles. The fraction of sp³-hybridized carbons (Fsp3) is 0.273. The monoisotopic (exact) mass is 291 g/mol. The van der Waals surface area contributed by atoms with Crippen LogP contribution in [0.25, 0.3) is 0 Å². The molecule has 0 aromatic carbocycles. The van der Waals surface area contributed by atoms with Crippen molar-refractivity contribution in [1.82, 2.24) is 14.5 Å². The lowest BCUT2D eigenvalue weighted by Crippen LogP contribution is -2.10. The van der Waals surface area contributed by atoms with E-state index in [4.69, 9.17) is 11.6 Å². The molecule has 0 aliphatic rings. The summed E-state index contributed by atoms with van der Waals surface area (Å²) in [6.07, 6.45) is -2.79. The van der Waals surface area contributed by atoms with Crippen LogP contribution in [0, 0.1) is 0 Å². The summed E-state index contributed by atoms with van der Waals surface area (Å²) >= 11 is 5.68. The van der Waals surface area contributed by atoms with E-state index in [9.17, 15) is 18.3 Å². The first-order chi connectivity index (χ1) is 8.79. The molecule has 2 aromatic heterocycles. The lowest BCUT2D eigenvalue weighted by molar-refractivity contribution is -0.141. The fourth-order valence-electron chi connectivity index (χ4n) is 1.54. The number of imidazole rings is 1. The Bertz CT molecular complexity index is 597. The van der Waals surface area contributed by atoms with E-state index >= 15 is 0 Å². The molecule has 2 aromatic rings. The van der Waals surface area contributed by atoms with Crippen LogP contribution in [-0.2, 0) is 13.2 Å². The Labute approximate surface area is 111 Å². The summed E-state index contributed by atoms with van der Waals surface area (Å²) in [6, 6.07) is 1.87. The van der Waals surface area contributed by atoms with Crippen LogP contribution in [0.4, 0.5) is 13.2 Å². The van der Waals surface area contributed by atoms with Gasteiger partial charge in [-0.05, 0) is 6.07 Å². The highest BCUT2D eigenvalue weighted by Gasteiger charge is 2.33. The van der Waals surface area contributed by atoms with Gasteiger partial charge in [0.05, 0.1) is 12.0 Å². The zero-order valence-electron chi connectivity index (χ0n) is 9.69. The van der Waals surface area contributed by atoms with E-state index in [-0.39, 0.29) is 11.3 Å². The normalized spacial score (nSPS) is 13.6. The van der Waals surface area contributed by atoms with Gasteiger partial charge in [0.1, 0.15) is 17.0 Å². The van der Waals surface area contributed by atoms with Crippen LogP contribution in [0.2, 0.25) is 5.15 Å². The molecule has 8 heteroatoms. The standard InChI is InChI=1S/C11H9ClF3N3O/c1-18-4-7(16-5-18)9(19)6-2-3-8(11(13,14)15)17-10(6)12/h2-5,9,19H,1H3. The molecule has 0 aliphatic heterocycles. The zero-order chi connectivity index (χ0) is 14.2. The van der Waals surface area contributed by atoms with Crippen LogP contribution < -0.4 is 0 Å². The van der Waals surface area contributed by atoms with Crippen molar-refractivity contribution in [2.24, 2.45) is 7.05 Å². The van der Waals surface area contributed by atoms with Gasteiger partial charge in [-0.1, -0.05) is 17.7 Å². The first-order valence-corrected chi connectivity index (χ1v) is 5.56. The van der Waals surface area contributed by atoms with Gasteiger partial charge in [-0.25, -0.2) is 9.97 Å². The van der Waals surface area contributed by atoms with Gasteiger partial charge >= 0.3 is 6.18 Å². The number of rotatable bonds is 2. The summed E-state index contributed by atoms with van der Waals surface area (Å²) in [4.78, 5) is 7.15. The molecule has 2 rings (SSSR count). The SMILES string of the molecule is Cn1cnc(C(O)c2ccc(C(F)(F)F)nc2Cl)c1. The van der Waals surface area contributed by atoms with Gasteiger partial charge in [-0.3, -0.25) is 0 Å². The van der Waals surface area contributed by atoms with Gasteiger partial charge in [0, 0.05) is 18.8 Å². The maximum absolute atomic E-state index is 12.4. The number of halogens is 4. The number of aryl methyl sites for hydroxylation is 1. The number of alkyl halides is 3. The average Bonchev–Trinajstić information content (AvgIpc) is 2.73. The van der Waals surface area contributed by atoms with E-state index in [0.29, 0.717) is 0 Å². The number of aliphatic hydroxyl groups is 1. The van der Waals surface area contributed by atoms with Crippen LogP contribution in [0.15, 0.2) is 24.7 Å². The number of hydrogen-bond acceptors (Lipinski definition) is 3. The third-order valence-electron chi connectivity index (χ3n) is 2.47. The molecule has 0 spiro atoms. The number of nitrogens with zero attached hydrogens (tertiary/aromatic N) is 3. The number of aliphatic hydroxyl groups excluding tert-OH is 1. The predicted molar refractivity (Wildman–Crippen MR) is 61.5 cm³/mol. The molecule has 0 fully saturated rings. The number of hydrogen-bond donors (Lipinski definition) is 1. The van der Waals surface area contributed by atoms with Gasteiger partial charge in [0.15, 0.2) is 0 Å². The van der Waals surface area contributed by atoms with E-state index < -0.39 is 23.1 Å². The van der Waals surface area contributed by atoms with Crippen LogP contribution in [0.3, 0.4) is 0 Å². The molecular weight excluding hydrogens is 283 g/mol. The lowest BCUT2D eigenvalue weighted by Gasteiger charge is -2.12. The highest BCUT2D eigenvalue weighted by molar-refractivity contribution is 6.30. The third-order valence-corrected chi connectivity index (χ3v) is 2.77. The quantitative estimate of drug-likeness (QED) is 0.865. The summed E-state index contributed by atoms with van der Waals surface area (Å²) in [5.41, 5.74) is -0.742. The predicted octanol–water partition coefficient (Wildman–Crippen LogP) is 2.57. The fourth-order valence-corrected chi connectivity index (χ4v) is 1.80. The molecule has 0 radical (unpaired) electrons. The first kappa shape index (κ1) is 13.8. The summed E-state index contributed by atoms with van der Waals surface area (Å²) in [5, 5.41) is 9.60. The Morgan fingerprint density at radius 2 is 2.05 bits per heavy atom. The molecule has 1 N–H and O–H groups in total. The summed E-state index contributed by atoms with van der Waals surface area (Å²) in [6.45, 7) is 0. The summed E-state index contributed by atoms with van der Waals surface area (Å²) < 4.78 is 38.9. The van der Waals surface area contributed by atoms with Crippen molar-refractivity contribution in [3.63, 3.8) is 0 Å². The lowest BCUT2D eigenvalue weighted by atomic mass is 10.1. The number of aromatic nitrogens is 3. The van der Waals surface area contributed by atoms with Crippen LogP contribution in [0.5, 0.6) is 0 Å². The van der Waals surface area contributed by atoms with Crippen molar-refractivity contribution in [3.8, 4) is 0 Å². The second kappa shape index (κ2) is 4.82. The van der Waals surface area contributed by atoms with Crippen LogP contribution in [0.1, 0.15) is 23.1 Å². The molecule has 4 nitrogen and oxygen atoms in total. The minimum absolute atomic E-state index is 0.0772. The van der Waals surface area contributed by atoms with Crippen molar-refractivity contribution in [3.05, 3.63) is 46.8 Å². The minimum atomic E-state index is -4.57. The molecule has 0 saturated carbocycles. The Hall–Kier alpha value is -1.60. The Balaban J connectivity index is 2.36. The van der Waals surface area contributed by atoms with E-state index in [0.717, 1.165) is 12.1 Å². The van der Waals surface area contributed by atoms with Crippen LogP contribution in [-0.4, -0.2) is 19.6 Å². The minimum Gasteiger partial charge on any atom is -0.382 e. The van der Waals surface area contributed by atoms with E-state index in [2.05, 4.69) is 9.97 Å². The smallest absolute Gasteiger partial charge is 0.382 e. The van der Waals surface area contributed by atoms with E-state index in [1.807, 2.05) is 0 Å². The molecule has 19 heavy (non-hydrogen) atoms. The second-order valence-corrected chi connectivity index (χ2v) is 4.30. The molecule has 0 bridgehead atoms. The zero-order valence-corrected chi connectivity index (χ0v) is 10.4. The Kier molecular flexibility index (Phi) is 3.51. The van der Waals surface area contributed by atoms with Crippen molar-refractivity contribution >= 4 is 11.6 Å². The summed E-state index contributed by atoms with van der Waals surface area (Å²) in [7, 11) is 1.70. The topological polar surface area (TPSA) is 50.9 Å². The maximum atomic E-state index is 12.4. The molecule has 102 valence electrons. The number of pyridine rings is 1. The van der Waals surface area contributed by atoms with E-state index in [1.54, 1.807) is 17.8 Å². The second-order valence-electron chi connectivity index (χ2n) is 3.94. The molecule has 0 amide bonds. The van der Waals surface area contributed by atoms with Gasteiger partial charge in [0.2, 0.25) is 0 Å². The van der Waals surface area contributed by atoms with Crippen molar-refractivity contribution in [1.29, 1.82) is 0 Å². The van der Waals surface area contributed by atoms with Gasteiger partial charge < -0.3 is 9.67 Å². The van der Waals surface area contributed by atoms with Gasteiger partial charge in [-0.15, -0.1) is 0 Å². The molecule has 1 atom stereocenters. The molecule has 0 aliphatic carbocycles. The van der Waals surface area contributed by atoms with E-state index in [1.165, 1.54) is 6.33 Å².